The lowest BCUT2D eigenvalue weighted by Gasteiger charge is -2.16. The molecule has 0 aliphatic rings. The first-order valence-electron chi connectivity index (χ1n) is 8.40. The number of aromatic hydroxyl groups is 1. The molecule has 0 aliphatic carbocycles. The summed E-state index contributed by atoms with van der Waals surface area (Å²) in [5, 5.41) is 15.1. The van der Waals surface area contributed by atoms with Crippen LogP contribution in [-0.2, 0) is 9.59 Å². The van der Waals surface area contributed by atoms with Crippen LogP contribution in [0, 0.1) is 0 Å². The second kappa shape index (κ2) is 8.38. The van der Waals surface area contributed by atoms with Crippen LogP contribution in [0.2, 0.25) is 0 Å². The van der Waals surface area contributed by atoms with Gasteiger partial charge in [-0.05, 0) is 48.7 Å². The molecule has 0 aromatic heterocycles. The van der Waals surface area contributed by atoms with Gasteiger partial charge in [0, 0.05) is 11.3 Å². The van der Waals surface area contributed by atoms with Gasteiger partial charge in [-0.1, -0.05) is 26.0 Å². The summed E-state index contributed by atoms with van der Waals surface area (Å²) in [6, 6.07) is 11.5. The molecule has 3 N–H and O–H groups in total. The van der Waals surface area contributed by atoms with Crippen LogP contribution in [-0.4, -0.2) is 24.0 Å². The second-order valence-electron chi connectivity index (χ2n) is 6.35. The minimum Gasteiger partial charge on any atom is -0.508 e. The largest absolute Gasteiger partial charge is 0.508 e. The van der Waals surface area contributed by atoms with E-state index in [9.17, 15) is 14.7 Å². The summed E-state index contributed by atoms with van der Waals surface area (Å²) in [6.45, 7) is 5.84. The van der Waals surface area contributed by atoms with Crippen molar-refractivity contribution in [3.05, 3.63) is 53.6 Å². The van der Waals surface area contributed by atoms with E-state index in [1.54, 1.807) is 31.2 Å². The van der Waals surface area contributed by atoms with Gasteiger partial charge in [0.05, 0.1) is 13.2 Å². The smallest absolute Gasteiger partial charge is 0.313 e. The zero-order chi connectivity index (χ0) is 19.3. The van der Waals surface area contributed by atoms with Gasteiger partial charge in [-0.15, -0.1) is 0 Å². The van der Waals surface area contributed by atoms with E-state index in [2.05, 4.69) is 24.5 Å². The molecule has 0 bridgehead atoms. The van der Waals surface area contributed by atoms with Crippen LogP contribution in [0.4, 0.5) is 5.69 Å². The summed E-state index contributed by atoms with van der Waals surface area (Å²) in [5.41, 5.74) is 2.16. The molecule has 2 amide bonds. The van der Waals surface area contributed by atoms with E-state index >= 15 is 0 Å². The van der Waals surface area contributed by atoms with Crippen LogP contribution in [0.15, 0.2) is 42.5 Å². The molecule has 0 fully saturated rings. The fourth-order valence-corrected chi connectivity index (χ4v) is 2.49. The van der Waals surface area contributed by atoms with E-state index < -0.39 is 17.9 Å². The van der Waals surface area contributed by atoms with Crippen molar-refractivity contribution < 1.29 is 19.4 Å². The van der Waals surface area contributed by atoms with Crippen molar-refractivity contribution in [2.75, 3.05) is 12.4 Å². The number of ether oxygens (including phenoxy) is 1. The number of phenolic OH excluding ortho intramolecular Hbond substituents is 1. The molecule has 1 unspecified atom stereocenters. The first kappa shape index (κ1) is 19.3. The van der Waals surface area contributed by atoms with Crippen molar-refractivity contribution >= 4 is 17.5 Å². The first-order valence-corrected chi connectivity index (χ1v) is 8.40. The van der Waals surface area contributed by atoms with Crippen LogP contribution in [0.5, 0.6) is 11.5 Å². The lowest BCUT2D eigenvalue weighted by atomic mass is 10.0. The number of anilines is 1. The van der Waals surface area contributed by atoms with Crippen LogP contribution in [0.25, 0.3) is 0 Å². The Morgan fingerprint density at radius 3 is 2.23 bits per heavy atom. The van der Waals surface area contributed by atoms with Gasteiger partial charge in [0.2, 0.25) is 0 Å². The van der Waals surface area contributed by atoms with Gasteiger partial charge in [0.1, 0.15) is 11.5 Å². The lowest BCUT2D eigenvalue weighted by Crippen LogP contribution is -2.36. The monoisotopic (exact) mass is 356 g/mol. The Kier molecular flexibility index (Phi) is 6.22. The van der Waals surface area contributed by atoms with Gasteiger partial charge in [0.25, 0.3) is 0 Å². The van der Waals surface area contributed by atoms with Gasteiger partial charge >= 0.3 is 11.8 Å². The zero-order valence-corrected chi connectivity index (χ0v) is 15.4. The minimum absolute atomic E-state index is 0.0169. The SMILES string of the molecule is COc1ccc(O)c(C(C)NC(=O)C(=O)Nc2ccc(C(C)C)cc2)c1. The van der Waals surface area contributed by atoms with Crippen LogP contribution in [0.3, 0.4) is 0 Å². The number of methoxy groups -OCH3 is 1. The van der Waals surface area contributed by atoms with Crippen molar-refractivity contribution in [3.8, 4) is 11.5 Å². The standard InChI is InChI=1S/C20H24N2O4/c1-12(2)14-5-7-15(8-6-14)22-20(25)19(24)21-13(3)17-11-16(26-4)9-10-18(17)23/h5-13,23H,1-4H3,(H,21,24)(H,22,25). The Balaban J connectivity index is 2.01. The topological polar surface area (TPSA) is 87.7 Å². The van der Waals surface area contributed by atoms with Crippen molar-refractivity contribution in [2.45, 2.75) is 32.7 Å². The quantitative estimate of drug-likeness (QED) is 0.717. The molecule has 2 aromatic carbocycles. The van der Waals surface area contributed by atoms with E-state index in [1.807, 2.05) is 12.1 Å². The number of nitrogens with one attached hydrogen (secondary N) is 2. The number of rotatable bonds is 5. The van der Waals surface area contributed by atoms with Crippen LogP contribution < -0.4 is 15.4 Å². The summed E-state index contributed by atoms with van der Waals surface area (Å²) in [4.78, 5) is 24.2. The predicted molar refractivity (Wildman–Crippen MR) is 100 cm³/mol. The highest BCUT2D eigenvalue weighted by Gasteiger charge is 2.19. The zero-order valence-electron chi connectivity index (χ0n) is 15.4. The Hall–Kier alpha value is -3.02. The molecule has 1 atom stereocenters. The molecular weight excluding hydrogens is 332 g/mol. The van der Waals surface area contributed by atoms with E-state index in [0.29, 0.717) is 22.9 Å². The number of hydrogen-bond donors (Lipinski definition) is 3. The first-order chi connectivity index (χ1) is 12.3. The van der Waals surface area contributed by atoms with E-state index in [0.717, 1.165) is 5.56 Å². The fraction of sp³-hybridized carbons (Fsp3) is 0.300. The van der Waals surface area contributed by atoms with Gasteiger partial charge in [0.15, 0.2) is 0 Å². The summed E-state index contributed by atoms with van der Waals surface area (Å²) < 4.78 is 5.11. The predicted octanol–water partition coefficient (Wildman–Crippen LogP) is 3.34. The number of amides is 2. The third-order valence-corrected chi connectivity index (χ3v) is 4.09. The van der Waals surface area contributed by atoms with E-state index in [1.165, 1.54) is 13.2 Å². The summed E-state index contributed by atoms with van der Waals surface area (Å²) in [6.07, 6.45) is 0. The maximum Gasteiger partial charge on any atom is 0.313 e. The number of hydrogen-bond acceptors (Lipinski definition) is 4. The number of phenols is 1. The maximum atomic E-state index is 12.1. The highest BCUT2D eigenvalue weighted by Crippen LogP contribution is 2.28. The Labute approximate surface area is 153 Å². The summed E-state index contributed by atoms with van der Waals surface area (Å²) in [5.74, 6) is -0.597. The molecule has 0 saturated carbocycles. The molecule has 2 rings (SSSR count). The van der Waals surface area contributed by atoms with Crippen LogP contribution >= 0.6 is 0 Å². The number of benzene rings is 2. The maximum absolute atomic E-state index is 12.1. The summed E-state index contributed by atoms with van der Waals surface area (Å²) in [7, 11) is 1.51. The normalized spacial score (nSPS) is 11.7. The molecule has 0 heterocycles. The third-order valence-electron chi connectivity index (χ3n) is 4.09. The summed E-state index contributed by atoms with van der Waals surface area (Å²) >= 11 is 0. The Morgan fingerprint density at radius 2 is 1.65 bits per heavy atom. The highest BCUT2D eigenvalue weighted by molar-refractivity contribution is 6.39. The molecule has 0 aliphatic heterocycles. The second-order valence-corrected chi connectivity index (χ2v) is 6.35. The van der Waals surface area contributed by atoms with Crippen molar-refractivity contribution in [1.29, 1.82) is 0 Å². The fourth-order valence-electron chi connectivity index (χ4n) is 2.49. The van der Waals surface area contributed by atoms with Gasteiger partial charge in [-0.2, -0.15) is 0 Å². The van der Waals surface area contributed by atoms with Crippen molar-refractivity contribution in [3.63, 3.8) is 0 Å². The Morgan fingerprint density at radius 1 is 1.00 bits per heavy atom. The molecule has 0 spiro atoms. The van der Waals surface area contributed by atoms with Gasteiger partial charge < -0.3 is 20.5 Å². The molecule has 6 nitrogen and oxygen atoms in total. The third kappa shape index (κ3) is 4.75. The minimum atomic E-state index is -0.785. The van der Waals surface area contributed by atoms with Gasteiger partial charge in [-0.25, -0.2) is 0 Å². The van der Waals surface area contributed by atoms with E-state index in [4.69, 9.17) is 4.74 Å². The molecule has 6 heteroatoms. The molecule has 26 heavy (non-hydrogen) atoms. The number of carbonyl (C=O) groups is 2. The Bertz CT molecular complexity index is 785. The van der Waals surface area contributed by atoms with Crippen LogP contribution in [0.1, 0.15) is 43.9 Å². The molecule has 0 radical (unpaired) electrons. The molecule has 138 valence electrons. The van der Waals surface area contributed by atoms with Gasteiger partial charge in [-0.3, -0.25) is 9.59 Å². The van der Waals surface area contributed by atoms with Crippen molar-refractivity contribution in [2.24, 2.45) is 0 Å². The van der Waals surface area contributed by atoms with Crippen molar-refractivity contribution in [1.82, 2.24) is 5.32 Å². The van der Waals surface area contributed by atoms with E-state index in [-0.39, 0.29) is 5.75 Å². The molecule has 0 saturated heterocycles. The molecular formula is C20H24N2O4. The average molecular weight is 356 g/mol. The lowest BCUT2D eigenvalue weighted by molar-refractivity contribution is -0.136. The highest BCUT2D eigenvalue weighted by atomic mass is 16.5. The molecule has 2 aromatic rings. The number of carbonyl (C=O) groups excluding carboxylic acids is 2. The average Bonchev–Trinajstić information content (AvgIpc) is 2.62.